The van der Waals surface area contributed by atoms with Crippen LogP contribution >= 0.6 is 0 Å². The van der Waals surface area contributed by atoms with E-state index in [1.807, 2.05) is 6.07 Å². The van der Waals surface area contributed by atoms with E-state index in [4.69, 9.17) is 0 Å². The third-order valence-electron chi connectivity index (χ3n) is 5.71. The van der Waals surface area contributed by atoms with Crippen LogP contribution in [-0.4, -0.2) is 29.1 Å². The molecule has 1 saturated carbocycles. The number of carbonyl (C=O) groups is 1. The lowest BCUT2D eigenvalue weighted by molar-refractivity contribution is -0.147. The molecule has 1 aliphatic carbocycles. The van der Waals surface area contributed by atoms with Crippen LogP contribution in [0.5, 0.6) is 0 Å². The Morgan fingerprint density at radius 1 is 1.33 bits per heavy atom. The van der Waals surface area contributed by atoms with Crippen LogP contribution < -0.4 is 0 Å². The lowest BCUT2D eigenvalue weighted by atomic mass is 9.62. The summed E-state index contributed by atoms with van der Waals surface area (Å²) in [5.41, 5.74) is 1.28. The first kappa shape index (κ1) is 14.6. The molecule has 114 valence electrons. The Morgan fingerprint density at radius 3 is 2.76 bits per heavy atom. The number of likely N-dealkylation sites (tertiary alicyclic amines) is 1. The number of rotatable bonds is 3. The molecule has 1 aromatic carbocycles. The van der Waals surface area contributed by atoms with Gasteiger partial charge in [0.05, 0.1) is 5.92 Å². The number of hydrogen-bond acceptors (Lipinski definition) is 2. The van der Waals surface area contributed by atoms with Crippen LogP contribution in [0.3, 0.4) is 0 Å². The molecule has 21 heavy (non-hydrogen) atoms. The Hall–Kier alpha value is -1.35. The first-order valence-electron chi connectivity index (χ1n) is 8.11. The van der Waals surface area contributed by atoms with Gasteiger partial charge in [0.2, 0.25) is 0 Å². The van der Waals surface area contributed by atoms with Crippen molar-refractivity contribution in [3.8, 4) is 0 Å². The highest BCUT2D eigenvalue weighted by Gasteiger charge is 2.53. The minimum absolute atomic E-state index is 0.00113. The quantitative estimate of drug-likeness (QED) is 0.926. The van der Waals surface area contributed by atoms with E-state index in [1.54, 1.807) is 0 Å². The molecule has 0 amide bonds. The molecular weight excluding hydrogens is 262 g/mol. The summed E-state index contributed by atoms with van der Waals surface area (Å²) in [5, 5.41) is 9.71. The lowest BCUT2D eigenvalue weighted by Gasteiger charge is -2.42. The van der Waals surface area contributed by atoms with Crippen LogP contribution in [-0.2, 0) is 11.3 Å². The molecule has 3 rings (SSSR count). The highest BCUT2D eigenvalue weighted by Crippen LogP contribution is 2.51. The molecule has 2 fully saturated rings. The van der Waals surface area contributed by atoms with Crippen molar-refractivity contribution < 1.29 is 9.90 Å². The zero-order valence-electron chi connectivity index (χ0n) is 12.8. The van der Waals surface area contributed by atoms with E-state index in [9.17, 15) is 9.90 Å². The Bertz CT molecular complexity index is 501. The van der Waals surface area contributed by atoms with Gasteiger partial charge in [0, 0.05) is 25.0 Å². The first-order valence-corrected chi connectivity index (χ1v) is 8.11. The van der Waals surface area contributed by atoms with Crippen LogP contribution in [0.15, 0.2) is 30.3 Å². The van der Waals surface area contributed by atoms with E-state index in [0.29, 0.717) is 12.5 Å². The van der Waals surface area contributed by atoms with E-state index in [-0.39, 0.29) is 11.3 Å². The minimum atomic E-state index is -0.598. The summed E-state index contributed by atoms with van der Waals surface area (Å²) >= 11 is 0. The Balaban J connectivity index is 1.79. The SMILES string of the molecule is CC1CCCCC12CN(Cc1ccccc1)CC2C(=O)O. The summed E-state index contributed by atoms with van der Waals surface area (Å²) in [5.74, 6) is -0.274. The molecule has 0 radical (unpaired) electrons. The van der Waals surface area contributed by atoms with Crippen LogP contribution in [0.25, 0.3) is 0 Å². The molecule has 1 heterocycles. The number of nitrogens with zero attached hydrogens (tertiary/aromatic N) is 1. The van der Waals surface area contributed by atoms with E-state index < -0.39 is 5.97 Å². The maximum absolute atomic E-state index is 11.8. The zero-order valence-corrected chi connectivity index (χ0v) is 12.8. The van der Waals surface area contributed by atoms with Gasteiger partial charge in [-0.2, -0.15) is 0 Å². The number of hydrogen-bond donors (Lipinski definition) is 1. The maximum Gasteiger partial charge on any atom is 0.308 e. The number of aliphatic carboxylic acids is 1. The summed E-state index contributed by atoms with van der Waals surface area (Å²) in [6.07, 6.45) is 4.71. The normalized spacial score (nSPS) is 33.4. The van der Waals surface area contributed by atoms with Gasteiger partial charge in [-0.1, -0.05) is 56.5 Å². The predicted octanol–water partition coefficient (Wildman–Crippen LogP) is 3.40. The van der Waals surface area contributed by atoms with E-state index in [1.165, 1.54) is 24.8 Å². The average molecular weight is 287 g/mol. The standard InChI is InChI=1S/C18H25NO2/c1-14-7-5-6-10-18(14)13-19(12-16(18)17(20)21)11-15-8-3-2-4-9-15/h2-4,8-9,14,16H,5-7,10-13H2,1H3,(H,20,21). The van der Waals surface area contributed by atoms with Crippen LogP contribution in [0, 0.1) is 17.3 Å². The molecule has 3 atom stereocenters. The molecular formula is C18H25NO2. The van der Waals surface area contributed by atoms with Crippen LogP contribution in [0.1, 0.15) is 38.2 Å². The van der Waals surface area contributed by atoms with Crippen molar-refractivity contribution in [1.29, 1.82) is 0 Å². The van der Waals surface area contributed by atoms with E-state index in [0.717, 1.165) is 19.5 Å². The Kier molecular flexibility index (Phi) is 4.03. The third kappa shape index (κ3) is 2.71. The molecule has 0 bridgehead atoms. The second-order valence-corrected chi connectivity index (χ2v) is 6.93. The summed E-state index contributed by atoms with van der Waals surface area (Å²) in [7, 11) is 0. The number of carboxylic acid groups (broad SMARTS) is 1. The predicted molar refractivity (Wildman–Crippen MR) is 82.9 cm³/mol. The summed E-state index contributed by atoms with van der Waals surface area (Å²) < 4.78 is 0. The van der Waals surface area contributed by atoms with Gasteiger partial charge in [-0.25, -0.2) is 0 Å². The molecule has 3 nitrogen and oxygen atoms in total. The largest absolute Gasteiger partial charge is 0.481 e. The topological polar surface area (TPSA) is 40.5 Å². The van der Waals surface area contributed by atoms with Gasteiger partial charge in [-0.15, -0.1) is 0 Å². The van der Waals surface area contributed by atoms with Crippen molar-refractivity contribution in [3.05, 3.63) is 35.9 Å². The molecule has 1 aliphatic heterocycles. The lowest BCUT2D eigenvalue weighted by Crippen LogP contribution is -2.42. The number of benzene rings is 1. The van der Waals surface area contributed by atoms with Crippen molar-refractivity contribution in [3.63, 3.8) is 0 Å². The van der Waals surface area contributed by atoms with Crippen LogP contribution in [0.4, 0.5) is 0 Å². The highest BCUT2D eigenvalue weighted by molar-refractivity contribution is 5.72. The van der Waals surface area contributed by atoms with E-state index in [2.05, 4.69) is 36.1 Å². The maximum atomic E-state index is 11.8. The molecule has 3 unspecified atom stereocenters. The van der Waals surface area contributed by atoms with Crippen molar-refractivity contribution in [2.24, 2.45) is 17.3 Å². The van der Waals surface area contributed by atoms with Crippen molar-refractivity contribution in [1.82, 2.24) is 4.90 Å². The molecule has 0 aromatic heterocycles. The smallest absolute Gasteiger partial charge is 0.308 e. The van der Waals surface area contributed by atoms with Crippen molar-refractivity contribution in [2.45, 2.75) is 39.2 Å². The number of carboxylic acids is 1. The summed E-state index contributed by atoms with van der Waals surface area (Å²) in [6, 6.07) is 10.4. The molecule has 1 saturated heterocycles. The van der Waals surface area contributed by atoms with Gasteiger partial charge < -0.3 is 5.11 Å². The molecule has 2 aliphatic rings. The molecule has 1 N–H and O–H groups in total. The van der Waals surface area contributed by atoms with Gasteiger partial charge in [-0.05, 0) is 17.9 Å². The van der Waals surface area contributed by atoms with Gasteiger partial charge in [0.25, 0.3) is 0 Å². The van der Waals surface area contributed by atoms with Crippen molar-refractivity contribution >= 4 is 5.97 Å². The minimum Gasteiger partial charge on any atom is -0.481 e. The second kappa shape index (κ2) is 5.80. The van der Waals surface area contributed by atoms with Gasteiger partial charge in [0.15, 0.2) is 0 Å². The first-order chi connectivity index (χ1) is 10.1. The van der Waals surface area contributed by atoms with Gasteiger partial charge in [0.1, 0.15) is 0 Å². The monoisotopic (exact) mass is 287 g/mol. The van der Waals surface area contributed by atoms with Crippen LogP contribution in [0.2, 0.25) is 0 Å². The summed E-state index contributed by atoms with van der Waals surface area (Å²) in [6.45, 7) is 4.79. The summed E-state index contributed by atoms with van der Waals surface area (Å²) in [4.78, 5) is 14.1. The fourth-order valence-electron chi connectivity index (χ4n) is 4.51. The molecule has 3 heteroatoms. The molecule has 1 aromatic rings. The van der Waals surface area contributed by atoms with Crippen molar-refractivity contribution in [2.75, 3.05) is 13.1 Å². The zero-order chi connectivity index (χ0) is 14.9. The van der Waals surface area contributed by atoms with E-state index >= 15 is 0 Å². The van der Waals surface area contributed by atoms with Gasteiger partial charge in [-0.3, -0.25) is 9.69 Å². The third-order valence-corrected chi connectivity index (χ3v) is 5.71. The Labute approximate surface area is 127 Å². The Morgan fingerprint density at radius 2 is 2.10 bits per heavy atom. The molecule has 1 spiro atoms. The highest BCUT2D eigenvalue weighted by atomic mass is 16.4. The van der Waals surface area contributed by atoms with Gasteiger partial charge >= 0.3 is 5.97 Å². The fourth-order valence-corrected chi connectivity index (χ4v) is 4.51. The fraction of sp³-hybridized carbons (Fsp3) is 0.611. The second-order valence-electron chi connectivity index (χ2n) is 6.93. The average Bonchev–Trinajstić information content (AvgIpc) is 2.83.